The Morgan fingerprint density at radius 1 is 0.646 bits per heavy atom. The Bertz CT molecular complexity index is 1250. The van der Waals surface area contributed by atoms with E-state index in [0.717, 1.165) is 115 Å². The number of aromatic nitrogens is 2. The van der Waals surface area contributed by atoms with Crippen molar-refractivity contribution in [3.05, 3.63) is 57.6 Å². The Morgan fingerprint density at radius 2 is 1.04 bits per heavy atom. The van der Waals surface area contributed by atoms with Gasteiger partial charge in [0.05, 0.1) is 33.8 Å². The van der Waals surface area contributed by atoms with Crippen LogP contribution in [-0.4, -0.2) is 60.0 Å². The zero-order chi connectivity index (χ0) is 33.9. The van der Waals surface area contributed by atoms with Gasteiger partial charge in [0.25, 0.3) is 0 Å². The lowest BCUT2D eigenvalue weighted by molar-refractivity contribution is -0.123. The quantitative estimate of drug-likeness (QED) is 0.216. The summed E-state index contributed by atoms with van der Waals surface area (Å²) in [5.41, 5.74) is 1.70. The fourth-order valence-electron chi connectivity index (χ4n) is 7.80. The maximum Gasteiger partial charge on any atom is 0.221 e. The highest BCUT2D eigenvalue weighted by Gasteiger charge is 2.27. The SMILES string of the molecule is O=C1C[C@@H](NCCC2CCC(c3ncc(F)cc3Cl)CC2)CCN1.O=C1C[C@@H](NCCC2CCC(c3ncc(F)cc3Cl)CC2)CCN1. The zero-order valence-electron chi connectivity index (χ0n) is 27.7. The molecule has 2 aromatic heterocycles. The molecule has 264 valence electrons. The highest BCUT2D eigenvalue weighted by Crippen LogP contribution is 2.40. The zero-order valence-corrected chi connectivity index (χ0v) is 29.2. The topological polar surface area (TPSA) is 108 Å². The van der Waals surface area contributed by atoms with Crippen LogP contribution in [0.2, 0.25) is 10.0 Å². The summed E-state index contributed by atoms with van der Waals surface area (Å²) in [5, 5.41) is 13.7. The van der Waals surface area contributed by atoms with Crippen LogP contribution in [0.5, 0.6) is 0 Å². The van der Waals surface area contributed by atoms with Gasteiger partial charge < -0.3 is 21.3 Å². The molecule has 4 fully saturated rings. The van der Waals surface area contributed by atoms with E-state index in [0.29, 0.717) is 58.6 Å². The maximum atomic E-state index is 13.1. The van der Waals surface area contributed by atoms with Crippen molar-refractivity contribution in [2.75, 3.05) is 26.2 Å². The molecule has 4 N–H and O–H groups in total. The molecule has 0 aromatic carbocycles. The molecule has 48 heavy (non-hydrogen) atoms. The summed E-state index contributed by atoms with van der Waals surface area (Å²) >= 11 is 12.3. The van der Waals surface area contributed by atoms with E-state index in [2.05, 4.69) is 31.2 Å². The fourth-order valence-corrected chi connectivity index (χ4v) is 8.41. The van der Waals surface area contributed by atoms with Gasteiger partial charge in [0.1, 0.15) is 11.6 Å². The van der Waals surface area contributed by atoms with Crippen LogP contribution in [0.25, 0.3) is 0 Å². The third-order valence-electron chi connectivity index (χ3n) is 10.6. The standard InChI is InChI=1S/2C18H25ClFN3O/c2*19-16-9-14(20)11-23-18(16)13-3-1-12(2-4-13)5-7-21-15-6-8-22-17(24)10-15/h2*9,11-13,15,21H,1-8,10H2,(H,22,24)/t2*12?,13?,15-/m00/s1. The van der Waals surface area contributed by atoms with Gasteiger partial charge in [-0.2, -0.15) is 0 Å². The molecule has 0 radical (unpaired) electrons. The molecule has 0 unspecified atom stereocenters. The predicted octanol–water partition coefficient (Wildman–Crippen LogP) is 6.81. The van der Waals surface area contributed by atoms with Crippen LogP contribution < -0.4 is 21.3 Å². The van der Waals surface area contributed by atoms with Crippen molar-refractivity contribution in [2.45, 2.75) is 114 Å². The molecule has 2 aromatic rings. The van der Waals surface area contributed by atoms with E-state index in [1.165, 1.54) is 24.5 Å². The number of hydrogen-bond donors (Lipinski definition) is 4. The third-order valence-corrected chi connectivity index (χ3v) is 11.2. The van der Waals surface area contributed by atoms with Crippen molar-refractivity contribution < 1.29 is 18.4 Å². The predicted molar refractivity (Wildman–Crippen MR) is 185 cm³/mol. The van der Waals surface area contributed by atoms with E-state index in [9.17, 15) is 18.4 Å². The van der Waals surface area contributed by atoms with E-state index >= 15 is 0 Å². The number of nitrogens with zero attached hydrogens (tertiary/aromatic N) is 2. The van der Waals surface area contributed by atoms with Crippen LogP contribution in [0, 0.1) is 23.5 Å². The number of nitrogens with one attached hydrogen (secondary N) is 4. The van der Waals surface area contributed by atoms with E-state index in [1.807, 2.05) is 0 Å². The summed E-state index contributed by atoms with van der Waals surface area (Å²) in [6.45, 7) is 3.52. The molecule has 4 heterocycles. The smallest absolute Gasteiger partial charge is 0.221 e. The van der Waals surface area contributed by atoms with Crippen molar-refractivity contribution in [2.24, 2.45) is 11.8 Å². The molecule has 0 spiro atoms. The van der Waals surface area contributed by atoms with Crippen molar-refractivity contribution >= 4 is 35.0 Å². The summed E-state index contributed by atoms with van der Waals surface area (Å²) in [7, 11) is 0. The summed E-state index contributed by atoms with van der Waals surface area (Å²) in [5.74, 6) is 1.69. The van der Waals surface area contributed by atoms with E-state index < -0.39 is 0 Å². The van der Waals surface area contributed by atoms with E-state index in [-0.39, 0.29) is 23.4 Å². The van der Waals surface area contributed by atoms with E-state index in [1.54, 1.807) is 0 Å². The molecular formula is C36H50Cl2F2N6O2. The molecule has 2 saturated carbocycles. The van der Waals surface area contributed by atoms with Gasteiger partial charge in [-0.1, -0.05) is 23.2 Å². The minimum absolute atomic E-state index is 0.155. The lowest BCUT2D eigenvalue weighted by Crippen LogP contribution is -2.43. The minimum atomic E-state index is -0.375. The molecule has 8 nitrogen and oxygen atoms in total. The van der Waals surface area contributed by atoms with Crippen LogP contribution in [-0.2, 0) is 9.59 Å². The van der Waals surface area contributed by atoms with Crippen molar-refractivity contribution in [1.29, 1.82) is 0 Å². The van der Waals surface area contributed by atoms with Crippen molar-refractivity contribution in [3.8, 4) is 0 Å². The lowest BCUT2D eigenvalue weighted by atomic mass is 9.79. The Balaban J connectivity index is 0.000000188. The fraction of sp³-hybridized carbons (Fsp3) is 0.667. The normalized spacial score (nSPS) is 27.8. The van der Waals surface area contributed by atoms with Gasteiger partial charge in [-0.15, -0.1) is 0 Å². The average molecular weight is 708 g/mol. The number of piperidine rings is 2. The first-order chi connectivity index (χ1) is 23.2. The number of rotatable bonds is 10. The van der Waals surface area contributed by atoms with Gasteiger partial charge in [0.2, 0.25) is 11.8 Å². The summed E-state index contributed by atoms with van der Waals surface area (Å²) in [4.78, 5) is 31.1. The molecule has 2 aliphatic carbocycles. The number of carbonyl (C=O) groups excluding carboxylic acids is 2. The monoisotopic (exact) mass is 706 g/mol. The number of hydrogen-bond acceptors (Lipinski definition) is 6. The average Bonchev–Trinajstić information content (AvgIpc) is 3.06. The number of carbonyl (C=O) groups is 2. The first-order valence-corrected chi connectivity index (χ1v) is 18.6. The second kappa shape index (κ2) is 18.6. The van der Waals surface area contributed by atoms with Crippen molar-refractivity contribution in [3.63, 3.8) is 0 Å². The van der Waals surface area contributed by atoms with Crippen LogP contribution in [0.4, 0.5) is 8.78 Å². The second-order valence-corrected chi connectivity index (χ2v) is 14.9. The lowest BCUT2D eigenvalue weighted by Gasteiger charge is -2.29. The molecule has 0 bridgehead atoms. The Hall–Kier alpha value is -2.40. The number of amides is 2. The Kier molecular flexibility index (Phi) is 14.3. The Morgan fingerprint density at radius 3 is 1.40 bits per heavy atom. The highest BCUT2D eigenvalue weighted by molar-refractivity contribution is 6.31. The molecule has 2 amide bonds. The first kappa shape index (κ1) is 36.9. The third kappa shape index (κ3) is 11.3. The number of pyridine rings is 2. The van der Waals surface area contributed by atoms with Gasteiger partial charge in [-0.3, -0.25) is 19.6 Å². The Labute approximate surface area is 293 Å². The summed E-state index contributed by atoms with van der Waals surface area (Å²) in [6, 6.07) is 3.38. The van der Waals surface area contributed by atoms with E-state index in [4.69, 9.17) is 23.2 Å². The molecule has 12 heteroatoms. The van der Waals surface area contributed by atoms with Gasteiger partial charge >= 0.3 is 0 Å². The van der Waals surface area contributed by atoms with Crippen LogP contribution in [0.1, 0.15) is 113 Å². The van der Waals surface area contributed by atoms with Crippen molar-refractivity contribution in [1.82, 2.24) is 31.2 Å². The maximum absolute atomic E-state index is 13.1. The van der Waals surface area contributed by atoms with Crippen LogP contribution in [0.3, 0.4) is 0 Å². The van der Waals surface area contributed by atoms with Crippen LogP contribution in [0.15, 0.2) is 24.5 Å². The molecule has 2 aliphatic heterocycles. The van der Waals surface area contributed by atoms with Gasteiger partial charge in [0, 0.05) is 49.9 Å². The minimum Gasteiger partial charge on any atom is -0.356 e. The van der Waals surface area contributed by atoms with Gasteiger partial charge in [-0.25, -0.2) is 8.78 Å². The summed E-state index contributed by atoms with van der Waals surface area (Å²) < 4.78 is 26.2. The van der Waals surface area contributed by atoms with Gasteiger partial charge in [-0.05, 0) is 114 Å². The highest BCUT2D eigenvalue weighted by atomic mass is 35.5. The first-order valence-electron chi connectivity index (χ1n) is 17.9. The summed E-state index contributed by atoms with van der Waals surface area (Å²) in [6.07, 6.45) is 17.0. The second-order valence-electron chi connectivity index (χ2n) is 14.0. The number of halogens is 4. The van der Waals surface area contributed by atoms with Gasteiger partial charge in [0.15, 0.2) is 0 Å². The molecule has 4 aliphatic rings. The molecule has 6 rings (SSSR count). The molecule has 2 atom stereocenters. The largest absolute Gasteiger partial charge is 0.356 e. The molecular weight excluding hydrogens is 657 g/mol. The molecule has 2 saturated heterocycles. The van der Waals surface area contributed by atoms with Crippen LogP contribution >= 0.6 is 23.2 Å².